The van der Waals surface area contributed by atoms with Gasteiger partial charge in [0.2, 0.25) is 5.91 Å². The summed E-state index contributed by atoms with van der Waals surface area (Å²) in [5.74, 6) is -0.155. The van der Waals surface area contributed by atoms with E-state index in [1.54, 1.807) is 13.0 Å². The summed E-state index contributed by atoms with van der Waals surface area (Å²) in [7, 11) is 0. The number of nitrogens with zero attached hydrogens (tertiary/aromatic N) is 1. The summed E-state index contributed by atoms with van der Waals surface area (Å²) in [6.45, 7) is 7.56. The highest BCUT2D eigenvalue weighted by Crippen LogP contribution is 2.35. The summed E-state index contributed by atoms with van der Waals surface area (Å²) < 4.78 is 38.0. The molecule has 1 N–H and O–H groups in total. The van der Waals surface area contributed by atoms with Crippen LogP contribution in [0.2, 0.25) is 0 Å². The molecule has 0 aliphatic carbocycles. The normalized spacial score (nSPS) is 22.6. The summed E-state index contributed by atoms with van der Waals surface area (Å²) >= 11 is 1.26. The summed E-state index contributed by atoms with van der Waals surface area (Å²) in [6.07, 6.45) is -3.78. The van der Waals surface area contributed by atoms with Crippen LogP contribution in [-0.2, 0) is 17.5 Å². The van der Waals surface area contributed by atoms with Crippen molar-refractivity contribution in [3.8, 4) is 0 Å². The van der Waals surface area contributed by atoms with E-state index in [1.807, 2.05) is 20.8 Å². The van der Waals surface area contributed by atoms with Crippen molar-refractivity contribution >= 4 is 22.8 Å². The van der Waals surface area contributed by atoms with E-state index in [0.717, 1.165) is 6.07 Å². The van der Waals surface area contributed by atoms with E-state index in [0.29, 0.717) is 11.6 Å². The Bertz CT molecular complexity index is 587. The van der Waals surface area contributed by atoms with Gasteiger partial charge in [0, 0.05) is 0 Å². The molecule has 0 radical (unpaired) electrons. The molecule has 0 bridgehead atoms. The number of hydrogen-bond acceptors (Lipinski definition) is 3. The van der Waals surface area contributed by atoms with Crippen molar-refractivity contribution in [1.82, 2.24) is 5.32 Å². The molecule has 1 heterocycles. The number of amidine groups is 1. The summed E-state index contributed by atoms with van der Waals surface area (Å²) in [4.78, 5) is 15.9. The van der Waals surface area contributed by atoms with Gasteiger partial charge in [0.15, 0.2) is 5.17 Å². The Morgan fingerprint density at radius 2 is 1.87 bits per heavy atom. The van der Waals surface area contributed by atoms with E-state index >= 15 is 0 Å². The van der Waals surface area contributed by atoms with Gasteiger partial charge in [0.25, 0.3) is 0 Å². The summed E-state index contributed by atoms with van der Waals surface area (Å²) in [5.41, 5.74) is -0.598. The van der Waals surface area contributed by atoms with E-state index < -0.39 is 16.5 Å². The third-order valence-electron chi connectivity index (χ3n) is 3.41. The minimum absolute atomic E-state index is 0.0949. The first kappa shape index (κ1) is 19.5. The lowest BCUT2D eigenvalue weighted by molar-refractivity contribution is -0.138. The highest BCUT2D eigenvalue weighted by atomic mass is 32.2. The number of aliphatic imine (C=N–C) groups is 1. The van der Waals surface area contributed by atoms with E-state index in [1.165, 1.54) is 23.9 Å². The van der Waals surface area contributed by atoms with Crippen molar-refractivity contribution < 1.29 is 18.0 Å². The van der Waals surface area contributed by atoms with Crippen LogP contribution in [0.3, 0.4) is 0 Å². The highest BCUT2D eigenvalue weighted by Gasteiger charge is 2.40. The molecule has 1 amide bonds. The van der Waals surface area contributed by atoms with Gasteiger partial charge in [-0.25, -0.2) is 0 Å². The van der Waals surface area contributed by atoms with Gasteiger partial charge >= 0.3 is 6.18 Å². The van der Waals surface area contributed by atoms with Crippen LogP contribution in [-0.4, -0.2) is 15.8 Å². The fraction of sp³-hybridized carbons (Fsp3) is 0.500. The molecule has 7 heteroatoms. The Labute approximate surface area is 138 Å². The third-order valence-corrected chi connectivity index (χ3v) is 4.76. The summed E-state index contributed by atoms with van der Waals surface area (Å²) in [5, 5.41) is 2.99. The second kappa shape index (κ2) is 7.86. The molecule has 0 spiro atoms. The molecule has 3 nitrogen and oxygen atoms in total. The number of halogens is 3. The Hall–Kier alpha value is -1.50. The van der Waals surface area contributed by atoms with Crippen molar-refractivity contribution in [2.75, 3.05) is 0 Å². The highest BCUT2D eigenvalue weighted by molar-refractivity contribution is 8.16. The van der Waals surface area contributed by atoms with Crippen molar-refractivity contribution in [3.05, 3.63) is 35.4 Å². The minimum atomic E-state index is -4.40. The maximum Gasteiger partial charge on any atom is 0.416 e. The van der Waals surface area contributed by atoms with Crippen LogP contribution in [0, 0.1) is 0 Å². The minimum Gasteiger partial charge on any atom is -0.304 e. The van der Waals surface area contributed by atoms with Gasteiger partial charge < -0.3 is 5.32 Å². The average Bonchev–Trinajstić information content (AvgIpc) is 2.82. The molecule has 0 aromatic heterocycles. The molecule has 1 atom stereocenters. The monoisotopic (exact) mass is 346 g/mol. The Balaban J connectivity index is 0.00000127. The third kappa shape index (κ3) is 4.73. The second-order valence-corrected chi connectivity index (χ2v) is 6.41. The number of carbonyl (C=O) groups excluding carboxylic acids is 1. The zero-order valence-corrected chi connectivity index (χ0v) is 14.4. The predicted octanol–water partition coefficient (Wildman–Crippen LogP) is 4.62. The molecule has 23 heavy (non-hydrogen) atoms. The van der Waals surface area contributed by atoms with Crippen LogP contribution >= 0.6 is 11.8 Å². The Morgan fingerprint density at radius 1 is 1.26 bits per heavy atom. The standard InChI is InChI=1S/C14H15F3N2OS.C2H6/c1-3-13(2)11(20)19-12(21-13)18-8-9-6-4-5-7-10(9)14(15,16)17;1-2/h4-7H,3,8H2,1-2H3,(H,18,19,20);1-2H3. The fourth-order valence-corrected chi connectivity index (χ4v) is 2.90. The number of alkyl halides is 3. The smallest absolute Gasteiger partial charge is 0.304 e. The first-order chi connectivity index (χ1) is 10.8. The number of carbonyl (C=O) groups is 1. The van der Waals surface area contributed by atoms with Crippen LogP contribution in [0.4, 0.5) is 13.2 Å². The molecule has 128 valence electrons. The largest absolute Gasteiger partial charge is 0.416 e. The predicted molar refractivity (Wildman–Crippen MR) is 88.4 cm³/mol. The lowest BCUT2D eigenvalue weighted by atomic mass is 10.1. The zero-order valence-electron chi connectivity index (χ0n) is 13.6. The van der Waals surface area contributed by atoms with E-state index in [-0.39, 0.29) is 18.0 Å². The first-order valence-corrected chi connectivity index (χ1v) is 8.28. The average molecular weight is 346 g/mol. The van der Waals surface area contributed by atoms with Gasteiger partial charge in [0.05, 0.1) is 16.9 Å². The van der Waals surface area contributed by atoms with E-state index in [4.69, 9.17) is 0 Å². The maximum absolute atomic E-state index is 12.9. The van der Waals surface area contributed by atoms with Gasteiger partial charge in [-0.15, -0.1) is 0 Å². The molecular formula is C16H21F3N2OS. The Kier molecular flexibility index (Phi) is 6.68. The molecule has 1 aromatic rings. The van der Waals surface area contributed by atoms with Crippen molar-refractivity contribution in [3.63, 3.8) is 0 Å². The topological polar surface area (TPSA) is 41.5 Å². The van der Waals surface area contributed by atoms with Crippen LogP contribution in [0.1, 0.15) is 45.2 Å². The van der Waals surface area contributed by atoms with Gasteiger partial charge in [-0.05, 0) is 25.0 Å². The van der Waals surface area contributed by atoms with Gasteiger partial charge in [-0.1, -0.05) is 50.7 Å². The Morgan fingerprint density at radius 3 is 2.39 bits per heavy atom. The molecular weight excluding hydrogens is 325 g/mol. The summed E-state index contributed by atoms with van der Waals surface area (Å²) in [6, 6.07) is 5.32. The molecule has 1 aliphatic rings. The molecule has 1 saturated heterocycles. The number of thioether (sulfide) groups is 1. The maximum atomic E-state index is 12.9. The number of benzene rings is 1. The van der Waals surface area contributed by atoms with Gasteiger partial charge in [-0.3, -0.25) is 9.79 Å². The van der Waals surface area contributed by atoms with Crippen LogP contribution < -0.4 is 5.32 Å². The zero-order chi connectivity index (χ0) is 17.7. The number of nitrogens with one attached hydrogen (secondary N) is 1. The first-order valence-electron chi connectivity index (χ1n) is 7.46. The van der Waals surface area contributed by atoms with E-state index in [2.05, 4.69) is 10.3 Å². The number of hydrogen-bond donors (Lipinski definition) is 1. The fourth-order valence-electron chi connectivity index (χ4n) is 1.91. The molecule has 1 aromatic carbocycles. The van der Waals surface area contributed by atoms with Gasteiger partial charge in [-0.2, -0.15) is 13.2 Å². The number of amides is 1. The number of rotatable bonds is 3. The second-order valence-electron chi connectivity index (χ2n) is 4.92. The van der Waals surface area contributed by atoms with Crippen molar-refractivity contribution in [2.24, 2.45) is 4.99 Å². The molecule has 1 aliphatic heterocycles. The van der Waals surface area contributed by atoms with E-state index in [9.17, 15) is 18.0 Å². The van der Waals surface area contributed by atoms with Crippen LogP contribution in [0.15, 0.2) is 29.3 Å². The molecule has 1 fully saturated rings. The molecule has 0 saturated carbocycles. The van der Waals surface area contributed by atoms with Crippen molar-refractivity contribution in [1.29, 1.82) is 0 Å². The quantitative estimate of drug-likeness (QED) is 0.868. The van der Waals surface area contributed by atoms with Crippen LogP contribution in [0.5, 0.6) is 0 Å². The SMILES string of the molecule is CC.CCC1(C)SC(=NCc2ccccc2C(F)(F)F)NC1=O. The lowest BCUT2D eigenvalue weighted by Crippen LogP contribution is -2.33. The van der Waals surface area contributed by atoms with Crippen LogP contribution in [0.25, 0.3) is 0 Å². The van der Waals surface area contributed by atoms with Crippen molar-refractivity contribution in [2.45, 2.75) is 51.6 Å². The molecule has 2 rings (SSSR count). The van der Waals surface area contributed by atoms with Gasteiger partial charge in [0.1, 0.15) is 0 Å². The lowest BCUT2D eigenvalue weighted by Gasteiger charge is -2.14. The molecule has 1 unspecified atom stereocenters.